The maximum Gasteiger partial charge on any atom is 0.311 e. The lowest BCUT2D eigenvalue weighted by atomic mass is 10.1. The van der Waals surface area contributed by atoms with Gasteiger partial charge >= 0.3 is 5.97 Å². The fourth-order valence-corrected chi connectivity index (χ4v) is 3.98. The highest BCUT2D eigenvalue weighted by Crippen LogP contribution is 2.44. The van der Waals surface area contributed by atoms with Crippen molar-refractivity contribution in [2.24, 2.45) is 0 Å². The quantitative estimate of drug-likeness (QED) is 0.260. The first-order valence-corrected chi connectivity index (χ1v) is 12.6. The van der Waals surface area contributed by atoms with Gasteiger partial charge in [0.15, 0.2) is 17.2 Å². The summed E-state index contributed by atoms with van der Waals surface area (Å²) in [7, 11) is 0. The zero-order chi connectivity index (χ0) is 24.9. The minimum atomic E-state index is -0.869. The van der Waals surface area contributed by atoms with E-state index in [1.54, 1.807) is 36.9 Å². The average Bonchev–Trinajstić information content (AvgIpc) is 3.03. The Balaban J connectivity index is 1.90. The van der Waals surface area contributed by atoms with Crippen LogP contribution in [0.2, 0.25) is 0 Å². The predicted octanol–water partition coefficient (Wildman–Crippen LogP) is 4.81. The Hall–Kier alpha value is -3.66. The summed E-state index contributed by atoms with van der Waals surface area (Å²) in [4.78, 5) is 31.3. The summed E-state index contributed by atoms with van der Waals surface area (Å²) in [5, 5.41) is 8.99. The normalized spacial score (nSPS) is 14.3. The van der Waals surface area contributed by atoms with Crippen LogP contribution in [0.5, 0.6) is 17.4 Å². The van der Waals surface area contributed by atoms with Gasteiger partial charge in [0, 0.05) is 24.0 Å². The van der Waals surface area contributed by atoms with Gasteiger partial charge in [-0.15, -0.1) is 10.2 Å². The molecule has 10 heteroatoms. The number of hydrogen-bond acceptors (Lipinski definition) is 9. The lowest BCUT2D eigenvalue weighted by Gasteiger charge is -2.31. The van der Waals surface area contributed by atoms with Crippen molar-refractivity contribution in [2.75, 3.05) is 17.8 Å². The van der Waals surface area contributed by atoms with Crippen molar-refractivity contribution in [3.05, 3.63) is 48.0 Å². The Morgan fingerprint density at radius 2 is 1.86 bits per heavy atom. The second kappa shape index (κ2) is 10.7. The molecular weight excluding hydrogens is 468 g/mol. The number of anilines is 1. The average molecular weight is 495 g/mol. The number of para-hydroxylation sites is 1. The van der Waals surface area contributed by atoms with Crippen molar-refractivity contribution in [3.63, 3.8) is 0 Å². The molecule has 182 valence electrons. The summed E-state index contributed by atoms with van der Waals surface area (Å²) in [5.74, 6) is 0.435. The predicted molar refractivity (Wildman–Crippen MR) is 132 cm³/mol. The van der Waals surface area contributed by atoms with Gasteiger partial charge in [0.25, 0.3) is 0 Å². The zero-order valence-corrected chi connectivity index (χ0v) is 20.8. The molecular formula is C25H26N4O5S. The molecule has 0 saturated carbocycles. The molecule has 1 amide bonds. The van der Waals surface area contributed by atoms with Crippen LogP contribution in [0.3, 0.4) is 0 Å². The van der Waals surface area contributed by atoms with E-state index in [1.807, 2.05) is 37.4 Å². The number of carbonyl (C=O) groups excluding carboxylic acids is 2. The Bertz CT molecular complexity index is 1250. The molecule has 9 nitrogen and oxygen atoms in total. The van der Waals surface area contributed by atoms with E-state index in [2.05, 4.69) is 15.2 Å². The number of rotatable bonds is 7. The van der Waals surface area contributed by atoms with Gasteiger partial charge < -0.3 is 14.2 Å². The highest BCUT2D eigenvalue weighted by atomic mass is 32.2. The highest BCUT2D eigenvalue weighted by Gasteiger charge is 2.35. The van der Waals surface area contributed by atoms with Crippen molar-refractivity contribution < 1.29 is 23.8 Å². The first kappa shape index (κ1) is 24.5. The van der Waals surface area contributed by atoms with Crippen LogP contribution in [0, 0.1) is 0 Å². The fraction of sp³-hybridized carbons (Fsp3) is 0.320. The van der Waals surface area contributed by atoms with Crippen LogP contribution in [-0.2, 0) is 9.59 Å². The fourth-order valence-electron chi connectivity index (χ4n) is 3.68. The van der Waals surface area contributed by atoms with Gasteiger partial charge in [-0.25, -0.2) is 0 Å². The number of esters is 1. The third-order valence-electron chi connectivity index (χ3n) is 5.33. The Morgan fingerprint density at radius 3 is 2.57 bits per heavy atom. The number of amides is 1. The topological polar surface area (TPSA) is 104 Å². The molecule has 1 aliphatic rings. The Morgan fingerprint density at radius 1 is 1.06 bits per heavy atom. The lowest BCUT2D eigenvalue weighted by Crippen LogP contribution is -2.37. The van der Waals surface area contributed by atoms with E-state index in [0.29, 0.717) is 45.8 Å². The number of hydrogen-bond donors (Lipinski definition) is 0. The van der Waals surface area contributed by atoms with Crippen LogP contribution >= 0.6 is 11.8 Å². The summed E-state index contributed by atoms with van der Waals surface area (Å²) in [6.45, 7) is 5.72. The van der Waals surface area contributed by atoms with Crippen LogP contribution < -0.4 is 19.1 Å². The number of carbonyl (C=O) groups is 2. The molecule has 2 aromatic carbocycles. The van der Waals surface area contributed by atoms with E-state index in [9.17, 15) is 9.59 Å². The minimum Gasteiger partial charge on any atom is -0.490 e. The number of aromatic nitrogens is 3. The molecule has 0 radical (unpaired) electrons. The van der Waals surface area contributed by atoms with Crippen LogP contribution in [0.1, 0.15) is 45.4 Å². The second-order valence-corrected chi connectivity index (χ2v) is 8.30. The third kappa shape index (κ3) is 4.93. The molecule has 4 rings (SSSR count). The third-order valence-corrected chi connectivity index (χ3v) is 5.87. The van der Waals surface area contributed by atoms with Crippen molar-refractivity contribution in [2.45, 2.75) is 45.0 Å². The Labute approximate surface area is 207 Å². The SMILES string of the molecule is CCOc1cc(C2Oc3nc(SC)nnc3-c3ccccc3N2C(=O)CC)ccc1OC(=O)CC. The van der Waals surface area contributed by atoms with Gasteiger partial charge in [0.1, 0.15) is 0 Å². The Kier molecular flexibility index (Phi) is 7.50. The van der Waals surface area contributed by atoms with Gasteiger partial charge in [-0.1, -0.05) is 43.8 Å². The summed E-state index contributed by atoms with van der Waals surface area (Å²) >= 11 is 1.34. The summed E-state index contributed by atoms with van der Waals surface area (Å²) in [6.07, 6.45) is 1.47. The van der Waals surface area contributed by atoms with Gasteiger partial charge in [-0.05, 0) is 37.4 Å². The molecule has 0 saturated heterocycles. The highest BCUT2D eigenvalue weighted by molar-refractivity contribution is 7.98. The van der Waals surface area contributed by atoms with E-state index < -0.39 is 6.23 Å². The van der Waals surface area contributed by atoms with Crippen LogP contribution in [0.25, 0.3) is 11.3 Å². The molecule has 2 heterocycles. The van der Waals surface area contributed by atoms with E-state index in [4.69, 9.17) is 14.2 Å². The maximum absolute atomic E-state index is 13.3. The smallest absolute Gasteiger partial charge is 0.311 e. The van der Waals surface area contributed by atoms with Gasteiger partial charge in [-0.2, -0.15) is 4.98 Å². The first-order valence-electron chi connectivity index (χ1n) is 11.3. The number of fused-ring (bicyclic) bond motifs is 3. The second-order valence-electron chi connectivity index (χ2n) is 7.52. The van der Waals surface area contributed by atoms with Crippen LogP contribution in [0.15, 0.2) is 47.6 Å². The monoisotopic (exact) mass is 494 g/mol. The number of thioether (sulfide) groups is 1. The summed E-state index contributed by atoms with van der Waals surface area (Å²) in [5.41, 5.74) is 2.40. The molecule has 1 unspecified atom stereocenters. The van der Waals surface area contributed by atoms with E-state index in [1.165, 1.54) is 11.8 Å². The van der Waals surface area contributed by atoms with Gasteiger partial charge in [0.05, 0.1) is 12.3 Å². The van der Waals surface area contributed by atoms with Crippen LogP contribution in [0.4, 0.5) is 5.69 Å². The minimum absolute atomic E-state index is 0.146. The van der Waals surface area contributed by atoms with Crippen molar-refractivity contribution in [1.29, 1.82) is 0 Å². The molecule has 1 aliphatic heterocycles. The molecule has 0 aliphatic carbocycles. The molecule has 3 aromatic rings. The van der Waals surface area contributed by atoms with Gasteiger partial charge in [0.2, 0.25) is 23.2 Å². The van der Waals surface area contributed by atoms with Crippen molar-refractivity contribution in [3.8, 4) is 28.6 Å². The zero-order valence-electron chi connectivity index (χ0n) is 20.0. The van der Waals surface area contributed by atoms with E-state index >= 15 is 0 Å². The van der Waals surface area contributed by atoms with E-state index in [0.717, 1.165) is 0 Å². The van der Waals surface area contributed by atoms with Gasteiger partial charge in [-0.3, -0.25) is 14.5 Å². The molecule has 1 aromatic heterocycles. The molecule has 0 N–H and O–H groups in total. The number of benzene rings is 2. The lowest BCUT2D eigenvalue weighted by molar-refractivity contribution is -0.134. The van der Waals surface area contributed by atoms with Crippen molar-refractivity contribution >= 4 is 29.3 Å². The first-order chi connectivity index (χ1) is 17.0. The maximum atomic E-state index is 13.3. The molecule has 0 bridgehead atoms. The van der Waals surface area contributed by atoms with Crippen LogP contribution in [-0.4, -0.2) is 39.9 Å². The molecule has 0 fully saturated rings. The molecule has 35 heavy (non-hydrogen) atoms. The van der Waals surface area contributed by atoms with Crippen molar-refractivity contribution in [1.82, 2.24) is 15.2 Å². The largest absolute Gasteiger partial charge is 0.490 e. The number of ether oxygens (including phenoxy) is 3. The number of nitrogens with zero attached hydrogens (tertiary/aromatic N) is 4. The molecule has 1 atom stereocenters. The summed E-state index contributed by atoms with van der Waals surface area (Å²) in [6, 6.07) is 12.6. The standard InChI is InChI=1S/C25H26N4O5S/c1-5-20(30)29-17-11-9-8-10-16(17)22-23(26-25(35-4)28-27-22)34-24(29)15-12-13-18(33-21(31)6-2)19(14-15)32-7-3/h8-14,24H,5-7H2,1-4H3. The summed E-state index contributed by atoms with van der Waals surface area (Å²) < 4.78 is 17.6. The molecule has 0 spiro atoms. The van der Waals surface area contributed by atoms with E-state index in [-0.39, 0.29) is 30.6 Å².